The fourth-order valence-electron chi connectivity index (χ4n) is 7.19. The van der Waals surface area contributed by atoms with Crippen LogP contribution in [0.4, 0.5) is 0 Å². The molecule has 4 aliphatic carbocycles. The summed E-state index contributed by atoms with van der Waals surface area (Å²) in [5.74, 6) is 0.0507. The summed E-state index contributed by atoms with van der Waals surface area (Å²) in [4.78, 5) is 24.8. The third-order valence-corrected chi connectivity index (χ3v) is 8.71. The molecule has 0 spiro atoms. The van der Waals surface area contributed by atoms with E-state index in [0.717, 1.165) is 19.3 Å². The first kappa shape index (κ1) is 19.0. The topological polar surface area (TPSA) is 94.8 Å². The zero-order valence-electron chi connectivity index (χ0n) is 16.2. The Kier molecular flexibility index (Phi) is 4.12. The first-order chi connectivity index (χ1) is 12.6. The highest BCUT2D eigenvalue weighted by molar-refractivity contribution is 5.93. The Morgan fingerprint density at radius 1 is 1.30 bits per heavy atom. The highest BCUT2D eigenvalue weighted by atomic mass is 16.3. The van der Waals surface area contributed by atoms with Gasteiger partial charge in [0.15, 0.2) is 17.2 Å². The van der Waals surface area contributed by atoms with Crippen LogP contribution in [0.25, 0.3) is 0 Å². The lowest BCUT2D eigenvalue weighted by atomic mass is 9.46. The van der Waals surface area contributed by atoms with Gasteiger partial charge in [-0.1, -0.05) is 26.0 Å². The number of aliphatic hydroxyl groups is 3. The van der Waals surface area contributed by atoms with Crippen LogP contribution in [0.2, 0.25) is 0 Å². The van der Waals surface area contributed by atoms with Gasteiger partial charge >= 0.3 is 0 Å². The number of hydrogen-bond acceptors (Lipinski definition) is 5. The summed E-state index contributed by atoms with van der Waals surface area (Å²) < 4.78 is 0. The van der Waals surface area contributed by atoms with Gasteiger partial charge in [0, 0.05) is 11.8 Å². The lowest BCUT2D eigenvalue weighted by Crippen LogP contribution is -2.58. The zero-order chi connectivity index (χ0) is 19.8. The number of aliphatic hydroxyl groups excluding tert-OH is 2. The average Bonchev–Trinajstić information content (AvgIpc) is 2.83. The van der Waals surface area contributed by atoms with Crippen molar-refractivity contribution in [1.82, 2.24) is 0 Å². The van der Waals surface area contributed by atoms with Gasteiger partial charge in [0.1, 0.15) is 12.7 Å². The van der Waals surface area contributed by atoms with Gasteiger partial charge in [0.05, 0.1) is 0 Å². The summed E-state index contributed by atoms with van der Waals surface area (Å²) in [6, 6.07) is 0. The maximum Gasteiger partial charge on any atom is 0.194 e. The van der Waals surface area contributed by atoms with Crippen LogP contribution in [-0.2, 0) is 9.59 Å². The molecule has 5 heteroatoms. The molecule has 0 radical (unpaired) electrons. The van der Waals surface area contributed by atoms with Crippen molar-refractivity contribution in [2.24, 2.45) is 28.6 Å². The molecule has 148 valence electrons. The van der Waals surface area contributed by atoms with E-state index in [0.29, 0.717) is 36.7 Å². The molecule has 3 fully saturated rings. The molecule has 7 atom stereocenters. The predicted molar refractivity (Wildman–Crippen MR) is 99.7 cm³/mol. The lowest BCUT2D eigenvalue weighted by molar-refractivity contribution is -0.159. The number of carbonyl (C=O) groups is 2. The highest BCUT2D eigenvalue weighted by Crippen LogP contribution is 2.68. The van der Waals surface area contributed by atoms with Crippen LogP contribution in [0.15, 0.2) is 23.8 Å². The molecular weight excluding hydrogens is 344 g/mol. The molecule has 0 heterocycles. The molecule has 5 nitrogen and oxygen atoms in total. The number of hydrogen-bond donors (Lipinski definition) is 3. The Morgan fingerprint density at radius 2 is 2.00 bits per heavy atom. The van der Waals surface area contributed by atoms with Gasteiger partial charge in [-0.3, -0.25) is 9.59 Å². The van der Waals surface area contributed by atoms with E-state index in [4.69, 9.17) is 0 Å². The fourth-order valence-corrected chi connectivity index (χ4v) is 7.19. The van der Waals surface area contributed by atoms with Crippen molar-refractivity contribution < 1.29 is 24.9 Å². The van der Waals surface area contributed by atoms with E-state index in [1.54, 1.807) is 6.08 Å². The van der Waals surface area contributed by atoms with Crippen LogP contribution in [0.5, 0.6) is 0 Å². The smallest absolute Gasteiger partial charge is 0.194 e. The minimum Gasteiger partial charge on any atom is -0.388 e. The number of Topliss-reactive ketones (excluding diaryl/α,β-unsaturated/α-hetero) is 2. The quantitative estimate of drug-likeness (QED) is 0.642. The van der Waals surface area contributed by atoms with E-state index in [-0.39, 0.29) is 17.1 Å². The van der Waals surface area contributed by atoms with Gasteiger partial charge < -0.3 is 15.3 Å². The second kappa shape index (κ2) is 5.85. The Labute approximate surface area is 160 Å². The summed E-state index contributed by atoms with van der Waals surface area (Å²) in [5.41, 5.74) is -0.813. The van der Waals surface area contributed by atoms with E-state index in [1.807, 2.05) is 6.92 Å². The molecule has 0 aromatic heterocycles. The van der Waals surface area contributed by atoms with Crippen molar-refractivity contribution in [3.8, 4) is 0 Å². The van der Waals surface area contributed by atoms with Gasteiger partial charge in [0.2, 0.25) is 0 Å². The van der Waals surface area contributed by atoms with Crippen LogP contribution in [0, 0.1) is 28.6 Å². The number of fused-ring (bicyclic) bond motifs is 5. The van der Waals surface area contributed by atoms with E-state index < -0.39 is 29.5 Å². The summed E-state index contributed by atoms with van der Waals surface area (Å²) in [6.07, 6.45) is 5.00. The van der Waals surface area contributed by atoms with E-state index in [9.17, 15) is 24.9 Å². The van der Waals surface area contributed by atoms with Crippen molar-refractivity contribution >= 4 is 11.6 Å². The second-order valence-corrected chi connectivity index (χ2v) is 9.67. The third kappa shape index (κ3) is 2.22. The average molecular weight is 374 g/mol. The van der Waals surface area contributed by atoms with Crippen molar-refractivity contribution in [3.05, 3.63) is 23.8 Å². The van der Waals surface area contributed by atoms with Gasteiger partial charge in [-0.15, -0.1) is 0 Å². The van der Waals surface area contributed by atoms with E-state index in [2.05, 4.69) is 13.5 Å². The molecule has 0 aliphatic heterocycles. The molecule has 0 bridgehead atoms. The Hall–Kier alpha value is -1.30. The third-order valence-electron chi connectivity index (χ3n) is 8.71. The van der Waals surface area contributed by atoms with E-state index >= 15 is 0 Å². The number of rotatable bonds is 2. The van der Waals surface area contributed by atoms with Crippen LogP contribution >= 0.6 is 0 Å². The molecule has 3 N–H and O–H groups in total. The SMILES string of the molecule is C=C1C[C@H]2[C@@H]3CCC4=CC(O)C(=O)C[C@]4(C)[C@H]3CC[C@]2(C)[C@@]1(O)C(=O)CO. The normalized spacial score (nSPS) is 49.1. The molecule has 4 aliphatic rings. The van der Waals surface area contributed by atoms with Gasteiger partial charge in [-0.05, 0) is 66.9 Å². The van der Waals surface area contributed by atoms with Crippen molar-refractivity contribution in [2.75, 3.05) is 6.61 Å². The van der Waals surface area contributed by atoms with Gasteiger partial charge in [0.25, 0.3) is 0 Å². The largest absolute Gasteiger partial charge is 0.388 e. The summed E-state index contributed by atoms with van der Waals surface area (Å²) in [5, 5.41) is 30.8. The number of carbonyl (C=O) groups excluding carboxylic acids is 2. The Morgan fingerprint density at radius 3 is 2.67 bits per heavy atom. The molecule has 0 amide bonds. The second-order valence-electron chi connectivity index (χ2n) is 9.67. The zero-order valence-corrected chi connectivity index (χ0v) is 16.2. The number of ketones is 2. The number of allylic oxidation sites excluding steroid dienone is 1. The van der Waals surface area contributed by atoms with E-state index in [1.165, 1.54) is 5.57 Å². The van der Waals surface area contributed by atoms with Crippen molar-refractivity contribution in [3.63, 3.8) is 0 Å². The molecule has 0 aromatic carbocycles. The Bertz CT molecular complexity index is 754. The molecule has 0 aromatic rings. The Balaban J connectivity index is 1.73. The van der Waals surface area contributed by atoms with Crippen LogP contribution in [-0.4, -0.2) is 45.2 Å². The maximum absolute atomic E-state index is 12.5. The fraction of sp³-hybridized carbons (Fsp3) is 0.727. The maximum atomic E-state index is 12.5. The van der Waals surface area contributed by atoms with Crippen LogP contribution < -0.4 is 0 Å². The van der Waals surface area contributed by atoms with Gasteiger partial charge in [-0.2, -0.15) is 0 Å². The summed E-state index contributed by atoms with van der Waals surface area (Å²) in [7, 11) is 0. The monoisotopic (exact) mass is 374 g/mol. The summed E-state index contributed by atoms with van der Waals surface area (Å²) >= 11 is 0. The molecule has 1 unspecified atom stereocenters. The highest BCUT2D eigenvalue weighted by Gasteiger charge is 2.67. The molecular formula is C22H30O5. The first-order valence-electron chi connectivity index (χ1n) is 10.1. The predicted octanol–water partition coefficient (Wildman–Crippen LogP) is 1.95. The minimum atomic E-state index is -1.66. The first-order valence-corrected chi connectivity index (χ1v) is 10.1. The van der Waals surface area contributed by atoms with Crippen LogP contribution in [0.3, 0.4) is 0 Å². The van der Waals surface area contributed by atoms with Crippen LogP contribution in [0.1, 0.15) is 52.4 Å². The van der Waals surface area contributed by atoms with Gasteiger partial charge in [-0.25, -0.2) is 0 Å². The summed E-state index contributed by atoms with van der Waals surface area (Å²) in [6.45, 7) is 7.47. The molecule has 0 saturated heterocycles. The lowest BCUT2D eigenvalue weighted by Gasteiger charge is -2.58. The van der Waals surface area contributed by atoms with Crippen molar-refractivity contribution in [1.29, 1.82) is 0 Å². The standard InChI is InChI=1S/C22H30O5/c1-12-8-16-14-5-4-13-9-17(24)18(25)10-20(13,2)15(14)6-7-21(16,3)22(12,27)19(26)11-23/h9,14-17,23-24,27H,1,4-8,10-11H2,2-3H3/t14-,15+,16+,17?,20+,21+,22+/m1/s1. The minimum absolute atomic E-state index is 0.113. The van der Waals surface area contributed by atoms with Crippen molar-refractivity contribution in [2.45, 2.75) is 64.1 Å². The molecule has 4 rings (SSSR count). The molecule has 3 saturated carbocycles. The molecule has 27 heavy (non-hydrogen) atoms.